The van der Waals surface area contributed by atoms with Crippen LogP contribution < -0.4 is 16.0 Å². The summed E-state index contributed by atoms with van der Waals surface area (Å²) in [4.78, 5) is 22.9. The van der Waals surface area contributed by atoms with Gasteiger partial charge in [0.05, 0.1) is 12.7 Å². The number of carbonyl (C=O) groups excluding carboxylic acids is 2. The van der Waals surface area contributed by atoms with Crippen LogP contribution in [-0.4, -0.2) is 31.1 Å². The van der Waals surface area contributed by atoms with Crippen molar-refractivity contribution in [1.82, 2.24) is 10.6 Å². The van der Waals surface area contributed by atoms with Gasteiger partial charge in [-0.1, -0.05) is 12.1 Å². The first-order valence-electron chi connectivity index (χ1n) is 6.92. The van der Waals surface area contributed by atoms with Crippen LogP contribution in [0.1, 0.15) is 26.3 Å². The Hall–Kier alpha value is -2.08. The summed E-state index contributed by atoms with van der Waals surface area (Å²) in [6.07, 6.45) is 0.166. The van der Waals surface area contributed by atoms with Gasteiger partial charge in [0.15, 0.2) is 0 Å². The minimum absolute atomic E-state index is 0.166. The molecule has 1 rings (SSSR count). The minimum Gasteiger partial charge on any atom is -0.374 e. The van der Waals surface area contributed by atoms with E-state index in [1.807, 2.05) is 38.1 Å². The third-order valence-corrected chi connectivity index (χ3v) is 2.75. The van der Waals surface area contributed by atoms with E-state index in [0.29, 0.717) is 6.61 Å². The van der Waals surface area contributed by atoms with Gasteiger partial charge in [-0.15, -0.1) is 0 Å². The summed E-state index contributed by atoms with van der Waals surface area (Å²) in [7, 11) is 1.46. The van der Waals surface area contributed by atoms with Crippen LogP contribution in [0.2, 0.25) is 0 Å². The fourth-order valence-electron chi connectivity index (χ4n) is 1.61. The number of amides is 3. The van der Waals surface area contributed by atoms with Crippen LogP contribution in [0.3, 0.4) is 0 Å². The van der Waals surface area contributed by atoms with Crippen molar-refractivity contribution in [3.8, 4) is 0 Å². The molecule has 1 aromatic rings. The van der Waals surface area contributed by atoms with E-state index < -0.39 is 18.0 Å². The Morgan fingerprint density at radius 1 is 1.24 bits per heavy atom. The molecule has 0 aromatic heterocycles. The Kier molecular flexibility index (Phi) is 6.68. The largest absolute Gasteiger partial charge is 0.374 e. The fraction of sp³-hybridized carbons (Fsp3) is 0.467. The van der Waals surface area contributed by atoms with Crippen LogP contribution in [0, 0.1) is 0 Å². The van der Waals surface area contributed by atoms with E-state index in [-0.39, 0.29) is 6.10 Å². The number of nitrogens with one attached hydrogen (secondary N) is 3. The number of rotatable bonds is 6. The van der Waals surface area contributed by atoms with Crippen LogP contribution in [-0.2, 0) is 16.1 Å². The summed E-state index contributed by atoms with van der Waals surface area (Å²) < 4.78 is 5.54. The van der Waals surface area contributed by atoms with Gasteiger partial charge >= 0.3 is 6.03 Å². The highest BCUT2D eigenvalue weighted by molar-refractivity contribution is 5.97. The van der Waals surface area contributed by atoms with Gasteiger partial charge in [-0.05, 0) is 38.5 Å². The van der Waals surface area contributed by atoms with Gasteiger partial charge in [-0.3, -0.25) is 10.1 Å². The van der Waals surface area contributed by atoms with Gasteiger partial charge in [-0.25, -0.2) is 4.79 Å². The van der Waals surface area contributed by atoms with Crippen LogP contribution in [0.5, 0.6) is 0 Å². The molecule has 0 aliphatic rings. The molecule has 21 heavy (non-hydrogen) atoms. The van der Waals surface area contributed by atoms with E-state index in [2.05, 4.69) is 16.0 Å². The molecule has 1 unspecified atom stereocenters. The number of benzene rings is 1. The Balaban J connectivity index is 2.59. The Morgan fingerprint density at radius 2 is 1.95 bits per heavy atom. The minimum atomic E-state index is -0.524. The molecule has 0 bridgehead atoms. The summed E-state index contributed by atoms with van der Waals surface area (Å²) >= 11 is 0. The SMILES string of the molecule is CNC(=O)NC(=O)C(C)Nc1cccc(COC(C)C)c1. The van der Waals surface area contributed by atoms with Crippen molar-refractivity contribution < 1.29 is 14.3 Å². The second-order valence-electron chi connectivity index (χ2n) is 4.99. The van der Waals surface area contributed by atoms with Gasteiger partial charge in [0.1, 0.15) is 6.04 Å². The van der Waals surface area contributed by atoms with Gasteiger partial charge in [-0.2, -0.15) is 0 Å². The summed E-state index contributed by atoms with van der Waals surface area (Å²) in [5.74, 6) is -0.391. The Bertz CT molecular complexity index is 489. The summed E-state index contributed by atoms with van der Waals surface area (Å²) in [5.41, 5.74) is 1.83. The average molecular weight is 293 g/mol. The van der Waals surface area contributed by atoms with Crippen molar-refractivity contribution in [2.75, 3.05) is 12.4 Å². The molecule has 6 heteroatoms. The van der Waals surface area contributed by atoms with Crippen molar-refractivity contribution in [1.29, 1.82) is 0 Å². The van der Waals surface area contributed by atoms with E-state index in [1.54, 1.807) is 6.92 Å². The topological polar surface area (TPSA) is 79.5 Å². The van der Waals surface area contributed by atoms with E-state index in [4.69, 9.17) is 4.74 Å². The number of anilines is 1. The monoisotopic (exact) mass is 293 g/mol. The van der Waals surface area contributed by atoms with E-state index in [0.717, 1.165) is 11.3 Å². The molecular weight excluding hydrogens is 270 g/mol. The zero-order valence-corrected chi connectivity index (χ0v) is 12.9. The molecule has 0 aliphatic heterocycles. The smallest absolute Gasteiger partial charge is 0.321 e. The number of ether oxygens (including phenoxy) is 1. The molecule has 0 saturated carbocycles. The second kappa shape index (κ2) is 8.26. The lowest BCUT2D eigenvalue weighted by atomic mass is 10.2. The van der Waals surface area contributed by atoms with Gasteiger partial charge in [0, 0.05) is 12.7 Å². The van der Waals surface area contributed by atoms with Crippen LogP contribution in [0.4, 0.5) is 10.5 Å². The summed E-state index contributed by atoms with van der Waals surface area (Å²) in [6.45, 7) is 6.17. The molecule has 0 spiro atoms. The van der Waals surface area contributed by atoms with E-state index in [1.165, 1.54) is 7.05 Å². The third kappa shape index (κ3) is 6.27. The number of carbonyl (C=O) groups is 2. The predicted octanol–water partition coefficient (Wildman–Crippen LogP) is 1.87. The Morgan fingerprint density at radius 3 is 2.57 bits per heavy atom. The van der Waals surface area contributed by atoms with Gasteiger partial charge in [0.2, 0.25) is 5.91 Å². The van der Waals surface area contributed by atoms with Crippen molar-refractivity contribution in [3.05, 3.63) is 29.8 Å². The average Bonchev–Trinajstić information content (AvgIpc) is 2.45. The normalized spacial score (nSPS) is 11.9. The zero-order chi connectivity index (χ0) is 15.8. The predicted molar refractivity (Wildman–Crippen MR) is 82.1 cm³/mol. The lowest BCUT2D eigenvalue weighted by molar-refractivity contribution is -0.120. The molecule has 0 heterocycles. The van der Waals surface area contributed by atoms with Gasteiger partial charge < -0.3 is 15.4 Å². The number of urea groups is 1. The van der Waals surface area contributed by atoms with Crippen molar-refractivity contribution >= 4 is 17.6 Å². The summed E-state index contributed by atoms with van der Waals surface area (Å²) in [6, 6.07) is 6.60. The molecule has 0 fully saturated rings. The highest BCUT2D eigenvalue weighted by Crippen LogP contribution is 2.13. The quantitative estimate of drug-likeness (QED) is 0.748. The Labute approximate surface area is 125 Å². The van der Waals surface area contributed by atoms with E-state index in [9.17, 15) is 9.59 Å². The molecule has 0 saturated heterocycles. The van der Waals surface area contributed by atoms with Crippen LogP contribution in [0.25, 0.3) is 0 Å². The first-order valence-corrected chi connectivity index (χ1v) is 6.92. The van der Waals surface area contributed by atoms with Crippen LogP contribution in [0.15, 0.2) is 24.3 Å². The molecule has 0 aliphatic carbocycles. The highest BCUT2D eigenvalue weighted by Gasteiger charge is 2.14. The molecular formula is C15H23N3O3. The number of imide groups is 1. The molecule has 6 nitrogen and oxygen atoms in total. The highest BCUT2D eigenvalue weighted by atomic mass is 16.5. The van der Waals surface area contributed by atoms with Crippen molar-refractivity contribution in [3.63, 3.8) is 0 Å². The molecule has 1 atom stereocenters. The maximum Gasteiger partial charge on any atom is 0.321 e. The molecule has 3 amide bonds. The maximum absolute atomic E-state index is 11.8. The molecule has 116 valence electrons. The first-order chi connectivity index (χ1) is 9.92. The number of hydrogen-bond acceptors (Lipinski definition) is 4. The zero-order valence-electron chi connectivity index (χ0n) is 12.9. The van der Waals surface area contributed by atoms with E-state index >= 15 is 0 Å². The number of hydrogen-bond donors (Lipinski definition) is 3. The standard InChI is InChI=1S/C15H23N3O3/c1-10(2)21-9-12-6-5-7-13(8-12)17-11(3)14(19)18-15(20)16-4/h5-8,10-11,17H,9H2,1-4H3,(H2,16,18,19,20). The molecule has 1 aromatic carbocycles. The second-order valence-corrected chi connectivity index (χ2v) is 4.99. The lowest BCUT2D eigenvalue weighted by Crippen LogP contribution is -2.44. The van der Waals surface area contributed by atoms with Crippen molar-refractivity contribution in [2.45, 2.75) is 39.5 Å². The summed E-state index contributed by atoms with van der Waals surface area (Å²) in [5, 5.41) is 7.62. The first kappa shape index (κ1) is 17.0. The van der Waals surface area contributed by atoms with Gasteiger partial charge in [0.25, 0.3) is 0 Å². The fourth-order valence-corrected chi connectivity index (χ4v) is 1.61. The van der Waals surface area contributed by atoms with Crippen molar-refractivity contribution in [2.24, 2.45) is 0 Å². The third-order valence-electron chi connectivity index (χ3n) is 2.75. The maximum atomic E-state index is 11.8. The lowest BCUT2D eigenvalue weighted by Gasteiger charge is -2.15. The molecule has 0 radical (unpaired) electrons. The molecule has 3 N–H and O–H groups in total. The van der Waals surface area contributed by atoms with Crippen LogP contribution >= 0.6 is 0 Å².